The van der Waals surface area contributed by atoms with Gasteiger partial charge in [0.05, 0.1) is 22.4 Å². The quantitative estimate of drug-likeness (QED) is 0.651. The van der Waals surface area contributed by atoms with Gasteiger partial charge in [0.1, 0.15) is 0 Å². The predicted molar refractivity (Wildman–Crippen MR) is 94.3 cm³/mol. The third kappa shape index (κ3) is 4.23. The molecule has 2 aromatic rings. The van der Waals surface area contributed by atoms with E-state index in [-0.39, 0.29) is 17.6 Å². The molecule has 1 aliphatic carbocycles. The number of nitro groups is 1. The van der Waals surface area contributed by atoms with Gasteiger partial charge in [0.25, 0.3) is 11.6 Å². The Bertz CT molecular complexity index is 731. The lowest BCUT2D eigenvalue weighted by Crippen LogP contribution is -2.35. The van der Waals surface area contributed by atoms with Crippen LogP contribution in [0.5, 0.6) is 0 Å². The molecule has 1 fully saturated rings. The SMILES string of the molecule is O=C(NC1CCCCCCC1)c1cn[nH]c1-c1ccc([N+](=O)[O-])cc1. The lowest BCUT2D eigenvalue weighted by atomic mass is 9.96. The first-order valence-electron chi connectivity index (χ1n) is 8.74. The molecule has 0 spiro atoms. The third-order valence-electron chi connectivity index (χ3n) is 4.69. The normalized spacial score (nSPS) is 16.0. The molecule has 1 aromatic carbocycles. The summed E-state index contributed by atoms with van der Waals surface area (Å²) in [4.78, 5) is 23.0. The molecule has 1 aliphatic rings. The highest BCUT2D eigenvalue weighted by atomic mass is 16.6. The summed E-state index contributed by atoms with van der Waals surface area (Å²) in [5.74, 6) is -0.146. The maximum atomic E-state index is 12.7. The van der Waals surface area contributed by atoms with E-state index in [9.17, 15) is 14.9 Å². The van der Waals surface area contributed by atoms with Crippen LogP contribution in [0.1, 0.15) is 55.3 Å². The van der Waals surface area contributed by atoms with Crippen LogP contribution in [0.15, 0.2) is 30.5 Å². The van der Waals surface area contributed by atoms with Gasteiger partial charge in [-0.05, 0) is 25.0 Å². The standard InChI is InChI=1S/C18H22N4O3/c23-18(20-14-6-4-2-1-3-5-7-14)16-12-19-21-17(16)13-8-10-15(11-9-13)22(24)25/h8-12,14H,1-7H2,(H,19,21)(H,20,23). The Balaban J connectivity index is 1.73. The van der Waals surface area contributed by atoms with Crippen LogP contribution in [-0.4, -0.2) is 27.1 Å². The molecule has 7 nitrogen and oxygen atoms in total. The van der Waals surface area contributed by atoms with Gasteiger partial charge in [-0.25, -0.2) is 0 Å². The van der Waals surface area contributed by atoms with Crippen LogP contribution in [0.4, 0.5) is 5.69 Å². The monoisotopic (exact) mass is 342 g/mol. The van der Waals surface area contributed by atoms with Crippen molar-refractivity contribution in [1.29, 1.82) is 0 Å². The molecule has 132 valence electrons. The number of carbonyl (C=O) groups is 1. The van der Waals surface area contributed by atoms with Crippen molar-refractivity contribution in [3.63, 3.8) is 0 Å². The van der Waals surface area contributed by atoms with Crippen molar-refractivity contribution in [2.45, 2.75) is 51.0 Å². The highest BCUT2D eigenvalue weighted by Crippen LogP contribution is 2.24. The predicted octanol–water partition coefficient (Wildman–Crippen LogP) is 3.83. The lowest BCUT2D eigenvalue weighted by molar-refractivity contribution is -0.384. The molecule has 2 N–H and O–H groups in total. The summed E-state index contributed by atoms with van der Waals surface area (Å²) in [6.45, 7) is 0. The molecular formula is C18H22N4O3. The number of H-pyrrole nitrogens is 1. The summed E-state index contributed by atoms with van der Waals surface area (Å²) >= 11 is 0. The summed E-state index contributed by atoms with van der Waals surface area (Å²) in [6, 6.07) is 6.29. The number of amides is 1. The second-order valence-corrected chi connectivity index (χ2v) is 6.48. The number of aromatic nitrogens is 2. The minimum Gasteiger partial charge on any atom is -0.349 e. The maximum absolute atomic E-state index is 12.7. The highest BCUT2D eigenvalue weighted by molar-refractivity contribution is 5.99. The fourth-order valence-corrected chi connectivity index (χ4v) is 3.29. The van der Waals surface area contributed by atoms with Crippen LogP contribution < -0.4 is 5.32 Å². The van der Waals surface area contributed by atoms with Gasteiger partial charge >= 0.3 is 0 Å². The average molecular weight is 342 g/mol. The van der Waals surface area contributed by atoms with Crippen molar-refractivity contribution in [3.05, 3.63) is 46.1 Å². The Hall–Kier alpha value is -2.70. The number of nitro benzene ring substituents is 1. The highest BCUT2D eigenvalue weighted by Gasteiger charge is 2.20. The van der Waals surface area contributed by atoms with E-state index in [1.165, 1.54) is 37.6 Å². The number of aromatic amines is 1. The Kier molecular flexibility index (Phi) is 5.42. The molecule has 0 aliphatic heterocycles. The number of rotatable bonds is 4. The van der Waals surface area contributed by atoms with Gasteiger partial charge < -0.3 is 5.32 Å². The largest absolute Gasteiger partial charge is 0.349 e. The van der Waals surface area contributed by atoms with Crippen molar-refractivity contribution in [2.24, 2.45) is 0 Å². The van der Waals surface area contributed by atoms with E-state index in [0.717, 1.165) is 25.7 Å². The topological polar surface area (TPSA) is 101 Å². The lowest BCUT2D eigenvalue weighted by Gasteiger charge is -2.21. The van der Waals surface area contributed by atoms with E-state index in [0.29, 0.717) is 16.8 Å². The fourth-order valence-electron chi connectivity index (χ4n) is 3.29. The fraction of sp³-hybridized carbons (Fsp3) is 0.444. The van der Waals surface area contributed by atoms with Crippen molar-refractivity contribution in [1.82, 2.24) is 15.5 Å². The first-order valence-corrected chi connectivity index (χ1v) is 8.74. The minimum absolute atomic E-state index is 0.0174. The first-order chi connectivity index (χ1) is 12.1. The molecule has 25 heavy (non-hydrogen) atoms. The molecule has 0 radical (unpaired) electrons. The third-order valence-corrected chi connectivity index (χ3v) is 4.69. The molecule has 0 bridgehead atoms. The van der Waals surface area contributed by atoms with Crippen LogP contribution in [0.2, 0.25) is 0 Å². The number of nitrogens with zero attached hydrogens (tertiary/aromatic N) is 2. The van der Waals surface area contributed by atoms with Crippen LogP contribution in [0, 0.1) is 10.1 Å². The van der Waals surface area contributed by atoms with Crippen molar-refractivity contribution in [2.75, 3.05) is 0 Å². The van der Waals surface area contributed by atoms with Gasteiger partial charge in [0.2, 0.25) is 0 Å². The summed E-state index contributed by atoms with van der Waals surface area (Å²) in [5.41, 5.74) is 1.77. The van der Waals surface area contributed by atoms with E-state index in [2.05, 4.69) is 15.5 Å². The molecular weight excluding hydrogens is 320 g/mol. The van der Waals surface area contributed by atoms with Gasteiger partial charge in [0.15, 0.2) is 0 Å². The van der Waals surface area contributed by atoms with Gasteiger partial charge in [0, 0.05) is 23.7 Å². The zero-order valence-electron chi connectivity index (χ0n) is 14.0. The summed E-state index contributed by atoms with van der Waals surface area (Å²) in [7, 11) is 0. The van der Waals surface area contributed by atoms with Gasteiger partial charge in [-0.3, -0.25) is 20.0 Å². The zero-order valence-corrected chi connectivity index (χ0v) is 14.0. The molecule has 1 aromatic heterocycles. The summed E-state index contributed by atoms with van der Waals surface area (Å²) in [6.07, 6.45) is 9.56. The molecule has 0 unspecified atom stereocenters. The number of hydrogen-bond donors (Lipinski definition) is 2. The first kappa shape index (κ1) is 17.1. The molecule has 0 saturated heterocycles. The van der Waals surface area contributed by atoms with Crippen LogP contribution in [0.25, 0.3) is 11.3 Å². The van der Waals surface area contributed by atoms with E-state index in [4.69, 9.17) is 0 Å². The van der Waals surface area contributed by atoms with E-state index < -0.39 is 4.92 Å². The average Bonchev–Trinajstić information content (AvgIpc) is 3.07. The second kappa shape index (κ2) is 7.92. The Morgan fingerprint density at radius 3 is 2.40 bits per heavy atom. The van der Waals surface area contributed by atoms with Gasteiger partial charge in [-0.1, -0.05) is 32.1 Å². The number of nitrogens with one attached hydrogen (secondary N) is 2. The summed E-state index contributed by atoms with van der Waals surface area (Å²) < 4.78 is 0. The minimum atomic E-state index is -0.445. The van der Waals surface area contributed by atoms with Crippen LogP contribution in [-0.2, 0) is 0 Å². The number of non-ortho nitro benzene ring substituents is 1. The van der Waals surface area contributed by atoms with Gasteiger partial charge in [-0.2, -0.15) is 5.10 Å². The van der Waals surface area contributed by atoms with E-state index in [1.807, 2.05) is 0 Å². The maximum Gasteiger partial charge on any atom is 0.269 e. The molecule has 3 rings (SSSR count). The Morgan fingerprint density at radius 2 is 1.76 bits per heavy atom. The molecule has 0 atom stereocenters. The van der Waals surface area contributed by atoms with Crippen LogP contribution >= 0.6 is 0 Å². The molecule has 7 heteroatoms. The molecule has 1 saturated carbocycles. The Morgan fingerprint density at radius 1 is 1.12 bits per heavy atom. The number of hydrogen-bond acceptors (Lipinski definition) is 4. The summed E-state index contributed by atoms with van der Waals surface area (Å²) in [5, 5.41) is 20.7. The van der Waals surface area contributed by atoms with Crippen molar-refractivity contribution in [3.8, 4) is 11.3 Å². The molecule has 1 amide bonds. The number of benzene rings is 1. The van der Waals surface area contributed by atoms with Crippen LogP contribution in [0.3, 0.4) is 0 Å². The molecule has 1 heterocycles. The van der Waals surface area contributed by atoms with Crippen molar-refractivity contribution < 1.29 is 9.72 Å². The zero-order chi connectivity index (χ0) is 17.6. The van der Waals surface area contributed by atoms with Gasteiger partial charge in [-0.15, -0.1) is 0 Å². The van der Waals surface area contributed by atoms with Crippen molar-refractivity contribution >= 4 is 11.6 Å². The van der Waals surface area contributed by atoms with E-state index >= 15 is 0 Å². The Labute approximate surface area is 146 Å². The smallest absolute Gasteiger partial charge is 0.269 e. The number of carbonyl (C=O) groups excluding carboxylic acids is 1. The second-order valence-electron chi connectivity index (χ2n) is 6.48. The van der Waals surface area contributed by atoms with E-state index in [1.54, 1.807) is 12.1 Å².